The van der Waals surface area contributed by atoms with Crippen molar-refractivity contribution in [2.75, 3.05) is 0 Å². The van der Waals surface area contributed by atoms with Gasteiger partial charge in [-0.1, -0.05) is 0 Å². The summed E-state index contributed by atoms with van der Waals surface area (Å²) in [4.78, 5) is 11.1. The highest BCUT2D eigenvalue weighted by Crippen LogP contribution is 2.16. The lowest BCUT2D eigenvalue weighted by Crippen LogP contribution is -2.21. The lowest BCUT2D eigenvalue weighted by atomic mass is 10.2. The molecule has 0 radical (unpaired) electrons. The van der Waals surface area contributed by atoms with Crippen LogP contribution in [0.4, 0.5) is 0 Å². The number of nitrogens with one attached hydrogen (secondary N) is 1. The molecule has 6 heteroatoms. The Balaban J connectivity index is 2.06. The fourth-order valence-corrected chi connectivity index (χ4v) is 1.89. The first-order chi connectivity index (χ1) is 8.99. The van der Waals surface area contributed by atoms with Crippen LogP contribution in [0.5, 0.6) is 0 Å². The number of carbonyl (C=O) groups is 1. The molecule has 2 rings (SSSR count). The molecule has 0 spiro atoms. The van der Waals surface area contributed by atoms with E-state index in [9.17, 15) is 4.79 Å². The molecule has 0 aliphatic heterocycles. The Kier molecular flexibility index (Phi) is 3.71. The second-order valence-electron chi connectivity index (χ2n) is 4.48. The molecule has 2 heterocycles. The zero-order valence-electron chi connectivity index (χ0n) is 11.2. The van der Waals surface area contributed by atoms with Crippen LogP contribution in [0.2, 0.25) is 0 Å². The van der Waals surface area contributed by atoms with Crippen molar-refractivity contribution in [3.63, 3.8) is 0 Å². The Labute approximate surface area is 111 Å². The van der Waals surface area contributed by atoms with E-state index in [0.29, 0.717) is 12.2 Å². The number of aromatic carboxylic acids is 1. The van der Waals surface area contributed by atoms with Gasteiger partial charge in [-0.05, 0) is 26.0 Å². The molecule has 2 aromatic rings. The lowest BCUT2D eigenvalue weighted by Gasteiger charge is -2.12. The molecule has 1 atom stereocenters. The third-order valence-corrected chi connectivity index (χ3v) is 3.06. The zero-order chi connectivity index (χ0) is 14.0. The van der Waals surface area contributed by atoms with Crippen molar-refractivity contribution in [2.45, 2.75) is 26.4 Å². The second kappa shape index (κ2) is 5.27. The van der Waals surface area contributed by atoms with E-state index in [2.05, 4.69) is 10.4 Å². The normalized spacial score (nSPS) is 12.6. The van der Waals surface area contributed by atoms with Crippen LogP contribution in [-0.4, -0.2) is 20.9 Å². The molecule has 0 amide bonds. The van der Waals surface area contributed by atoms with Crippen LogP contribution in [0.25, 0.3) is 0 Å². The molecule has 0 bridgehead atoms. The third-order valence-electron chi connectivity index (χ3n) is 3.06. The number of nitrogens with zero attached hydrogens (tertiary/aromatic N) is 2. The number of hydrogen-bond acceptors (Lipinski definition) is 4. The van der Waals surface area contributed by atoms with Crippen LogP contribution in [0.3, 0.4) is 0 Å². The Morgan fingerprint density at radius 1 is 1.58 bits per heavy atom. The zero-order valence-corrected chi connectivity index (χ0v) is 11.2. The van der Waals surface area contributed by atoms with Crippen LogP contribution in [0, 0.1) is 6.92 Å². The van der Waals surface area contributed by atoms with Gasteiger partial charge >= 0.3 is 5.97 Å². The fraction of sp³-hybridized carbons (Fsp3) is 0.385. The highest BCUT2D eigenvalue weighted by Gasteiger charge is 2.16. The van der Waals surface area contributed by atoms with Crippen LogP contribution < -0.4 is 5.32 Å². The minimum Gasteiger partial charge on any atom is -0.478 e. The highest BCUT2D eigenvalue weighted by molar-refractivity contribution is 5.88. The van der Waals surface area contributed by atoms with Crippen LogP contribution in [-0.2, 0) is 13.6 Å². The maximum absolute atomic E-state index is 11.1. The first-order valence-electron chi connectivity index (χ1n) is 6.03. The number of aryl methyl sites for hydroxylation is 2. The smallest absolute Gasteiger partial charge is 0.339 e. The Morgan fingerprint density at radius 3 is 2.89 bits per heavy atom. The van der Waals surface area contributed by atoms with Gasteiger partial charge in [0, 0.05) is 13.6 Å². The molecule has 102 valence electrons. The molecule has 0 saturated heterocycles. The SMILES string of the molecule is Cc1ccc(C(C)NCc2c(C(=O)O)cnn2C)o1. The molecule has 1 unspecified atom stereocenters. The minimum absolute atomic E-state index is 0.00486. The summed E-state index contributed by atoms with van der Waals surface area (Å²) in [5, 5.41) is 16.3. The molecular formula is C13H17N3O3. The van der Waals surface area contributed by atoms with Crippen LogP contribution in [0.15, 0.2) is 22.7 Å². The Hall–Kier alpha value is -2.08. The van der Waals surface area contributed by atoms with E-state index in [-0.39, 0.29) is 11.6 Å². The summed E-state index contributed by atoms with van der Waals surface area (Å²) in [5.74, 6) is 0.721. The van der Waals surface area contributed by atoms with E-state index < -0.39 is 5.97 Å². The summed E-state index contributed by atoms with van der Waals surface area (Å²) in [6, 6.07) is 3.82. The van der Waals surface area contributed by atoms with E-state index in [1.54, 1.807) is 11.7 Å². The monoisotopic (exact) mass is 263 g/mol. The maximum atomic E-state index is 11.1. The van der Waals surface area contributed by atoms with E-state index in [0.717, 1.165) is 11.5 Å². The second-order valence-corrected chi connectivity index (χ2v) is 4.48. The fourth-order valence-electron chi connectivity index (χ4n) is 1.89. The molecular weight excluding hydrogens is 246 g/mol. The first kappa shape index (κ1) is 13.4. The number of furan rings is 1. The van der Waals surface area contributed by atoms with E-state index >= 15 is 0 Å². The topological polar surface area (TPSA) is 80.3 Å². The summed E-state index contributed by atoms with van der Waals surface area (Å²) >= 11 is 0. The number of hydrogen-bond donors (Lipinski definition) is 2. The molecule has 2 N–H and O–H groups in total. The minimum atomic E-state index is -0.966. The van der Waals surface area contributed by atoms with Gasteiger partial charge in [0.15, 0.2) is 0 Å². The molecule has 0 fully saturated rings. The molecule has 6 nitrogen and oxygen atoms in total. The summed E-state index contributed by atoms with van der Waals surface area (Å²) in [6.07, 6.45) is 1.36. The number of carboxylic acids is 1. The molecule has 19 heavy (non-hydrogen) atoms. The number of carboxylic acid groups (broad SMARTS) is 1. The standard InChI is InChI=1S/C13H17N3O3/c1-8-4-5-12(19-8)9(2)14-7-11-10(13(17)18)6-15-16(11)3/h4-6,9,14H,7H2,1-3H3,(H,17,18). The predicted molar refractivity (Wildman–Crippen MR) is 68.9 cm³/mol. The number of aromatic nitrogens is 2. The average molecular weight is 263 g/mol. The largest absolute Gasteiger partial charge is 0.478 e. The van der Waals surface area contributed by atoms with Gasteiger partial charge in [-0.25, -0.2) is 4.79 Å². The van der Waals surface area contributed by atoms with Gasteiger partial charge in [-0.15, -0.1) is 0 Å². The molecule has 2 aromatic heterocycles. The van der Waals surface area contributed by atoms with Crippen molar-refractivity contribution in [2.24, 2.45) is 7.05 Å². The summed E-state index contributed by atoms with van der Waals surface area (Å²) in [6.45, 7) is 4.27. The first-order valence-corrected chi connectivity index (χ1v) is 6.03. The van der Waals surface area contributed by atoms with Gasteiger partial charge in [0.05, 0.1) is 17.9 Å². The molecule has 0 aromatic carbocycles. The van der Waals surface area contributed by atoms with Gasteiger partial charge in [0.1, 0.15) is 17.1 Å². The Bertz CT molecular complexity index is 586. The van der Waals surface area contributed by atoms with Crippen molar-refractivity contribution in [3.05, 3.63) is 41.1 Å². The van der Waals surface area contributed by atoms with E-state index in [1.807, 2.05) is 26.0 Å². The van der Waals surface area contributed by atoms with Gasteiger partial charge in [-0.3, -0.25) is 4.68 Å². The van der Waals surface area contributed by atoms with Crippen molar-refractivity contribution >= 4 is 5.97 Å². The molecule has 0 aliphatic carbocycles. The predicted octanol–water partition coefficient (Wildman–Crippen LogP) is 1.87. The summed E-state index contributed by atoms with van der Waals surface area (Å²) in [5.41, 5.74) is 0.862. The quantitative estimate of drug-likeness (QED) is 0.860. The van der Waals surface area contributed by atoms with Gasteiger partial charge in [-0.2, -0.15) is 5.10 Å². The Morgan fingerprint density at radius 2 is 2.32 bits per heavy atom. The molecule has 0 aliphatic rings. The number of rotatable bonds is 5. The maximum Gasteiger partial charge on any atom is 0.339 e. The summed E-state index contributed by atoms with van der Waals surface area (Å²) < 4.78 is 7.09. The van der Waals surface area contributed by atoms with Crippen LogP contribution in [0.1, 0.15) is 40.5 Å². The van der Waals surface area contributed by atoms with Crippen molar-refractivity contribution < 1.29 is 14.3 Å². The van der Waals surface area contributed by atoms with Gasteiger partial charge < -0.3 is 14.8 Å². The summed E-state index contributed by atoms with van der Waals surface area (Å²) in [7, 11) is 1.73. The van der Waals surface area contributed by atoms with Crippen molar-refractivity contribution in [1.82, 2.24) is 15.1 Å². The highest BCUT2D eigenvalue weighted by atomic mass is 16.4. The third kappa shape index (κ3) is 2.85. The average Bonchev–Trinajstić information content (AvgIpc) is 2.93. The lowest BCUT2D eigenvalue weighted by molar-refractivity contribution is 0.0695. The molecule has 0 saturated carbocycles. The van der Waals surface area contributed by atoms with Crippen LogP contribution >= 0.6 is 0 Å². The van der Waals surface area contributed by atoms with E-state index in [1.165, 1.54) is 6.20 Å². The van der Waals surface area contributed by atoms with Crippen molar-refractivity contribution in [1.29, 1.82) is 0 Å². The van der Waals surface area contributed by atoms with E-state index in [4.69, 9.17) is 9.52 Å². The van der Waals surface area contributed by atoms with Crippen molar-refractivity contribution in [3.8, 4) is 0 Å². The van der Waals surface area contributed by atoms with Gasteiger partial charge in [0.2, 0.25) is 0 Å². The van der Waals surface area contributed by atoms with Gasteiger partial charge in [0.25, 0.3) is 0 Å².